The van der Waals surface area contributed by atoms with Crippen molar-refractivity contribution in [3.8, 4) is 5.75 Å². The molecule has 0 unspecified atom stereocenters. The van der Waals surface area contributed by atoms with Gasteiger partial charge >= 0.3 is 12.1 Å². The van der Waals surface area contributed by atoms with Crippen LogP contribution in [0.5, 0.6) is 5.75 Å². The second-order valence-corrected chi connectivity index (χ2v) is 10.8. The van der Waals surface area contributed by atoms with E-state index >= 15 is 0 Å². The molecular weight excluding hydrogens is 544 g/mol. The number of hydrogen-bond donors (Lipinski definition) is 2. The van der Waals surface area contributed by atoms with E-state index in [0.717, 1.165) is 35.7 Å². The largest absolute Gasteiger partial charge is 0.477 e. The van der Waals surface area contributed by atoms with Gasteiger partial charge in [-0.05, 0) is 42.8 Å². The van der Waals surface area contributed by atoms with E-state index in [-0.39, 0.29) is 24.7 Å². The molecule has 13 heteroatoms. The fraction of sp³-hybridized carbons (Fsp3) is 0.379. The molecule has 0 bridgehead atoms. The van der Waals surface area contributed by atoms with Crippen molar-refractivity contribution in [2.45, 2.75) is 20.0 Å². The number of amides is 2. The summed E-state index contributed by atoms with van der Waals surface area (Å²) in [5, 5.41) is 14.3. The van der Waals surface area contributed by atoms with E-state index < -0.39 is 23.6 Å². The highest BCUT2D eigenvalue weighted by molar-refractivity contribution is 5.97. The third-order valence-corrected chi connectivity index (χ3v) is 7.98. The minimum absolute atomic E-state index is 0.167. The number of cyclic esters (lactones) is 1. The molecule has 2 N–H and O–H groups in total. The number of carboxylic acid groups (broad SMARTS) is 1. The van der Waals surface area contributed by atoms with Crippen LogP contribution < -0.4 is 35.2 Å². The van der Waals surface area contributed by atoms with Gasteiger partial charge in [-0.3, -0.25) is 24.2 Å². The highest BCUT2D eigenvalue weighted by atomic mass is 16.6. The summed E-state index contributed by atoms with van der Waals surface area (Å²) < 4.78 is 13.2. The van der Waals surface area contributed by atoms with E-state index in [1.807, 2.05) is 31.2 Å². The summed E-state index contributed by atoms with van der Waals surface area (Å²) in [6.45, 7) is 7.21. The monoisotopic (exact) mass is 576 g/mol. The number of nitrogens with zero attached hydrogens (tertiary/aromatic N) is 5. The second-order valence-electron chi connectivity index (χ2n) is 10.8. The fourth-order valence-electron chi connectivity index (χ4n) is 5.84. The lowest BCUT2D eigenvalue weighted by Gasteiger charge is -2.40. The van der Waals surface area contributed by atoms with Gasteiger partial charge in [-0.25, -0.2) is 9.59 Å². The molecule has 0 saturated carbocycles. The molecule has 2 amide bonds. The molecule has 4 heterocycles. The Bertz CT molecular complexity index is 1660. The highest BCUT2D eigenvalue weighted by Gasteiger charge is 2.33. The van der Waals surface area contributed by atoms with Crippen LogP contribution in [-0.4, -0.2) is 86.9 Å². The number of anilines is 3. The van der Waals surface area contributed by atoms with Gasteiger partial charge in [0.1, 0.15) is 17.2 Å². The number of aromatic carboxylic acids is 1. The average molecular weight is 577 g/mol. The van der Waals surface area contributed by atoms with Gasteiger partial charge in [0.25, 0.3) is 0 Å². The number of ether oxygens (including phenoxy) is 2. The number of nitrogens with one attached hydrogen (secondary N) is 1. The summed E-state index contributed by atoms with van der Waals surface area (Å²) in [5.74, 6) is -0.857. The number of hydrogen-bond acceptors (Lipinski definition) is 9. The first kappa shape index (κ1) is 27.2. The van der Waals surface area contributed by atoms with E-state index in [4.69, 9.17) is 9.47 Å². The molecule has 2 aromatic carbocycles. The molecule has 0 spiro atoms. The van der Waals surface area contributed by atoms with E-state index in [1.165, 1.54) is 13.1 Å². The van der Waals surface area contributed by atoms with Crippen molar-refractivity contribution in [3.63, 3.8) is 0 Å². The molecule has 3 aromatic rings. The summed E-state index contributed by atoms with van der Waals surface area (Å²) >= 11 is 0. The molecule has 2 fully saturated rings. The van der Waals surface area contributed by atoms with Gasteiger partial charge in [0, 0.05) is 57.7 Å². The standard InChI is InChI=1S/C29H32N6O7/c1-17-12-19(34-14-20(42-29(34)40)13-30-18(2)36)4-6-23(17)32-8-10-33(11-9-32)24-7-5-21-25-27(24)41-16-31(3)35(25)15-22(26(21)37)28(38)39/h4-7,12,15,20H,8-11,13-14,16H2,1-3H3,(H,30,36)(H,38,39)/t20-/m0/s1. The van der Waals surface area contributed by atoms with E-state index in [0.29, 0.717) is 36.3 Å². The zero-order valence-electron chi connectivity index (χ0n) is 23.6. The van der Waals surface area contributed by atoms with Crippen molar-refractivity contribution in [3.05, 3.63) is 57.9 Å². The Morgan fingerprint density at radius 1 is 1.05 bits per heavy atom. The second kappa shape index (κ2) is 10.5. The van der Waals surface area contributed by atoms with Gasteiger partial charge in [-0.2, -0.15) is 0 Å². The van der Waals surface area contributed by atoms with E-state index in [2.05, 4.69) is 15.1 Å². The van der Waals surface area contributed by atoms with Gasteiger partial charge in [-0.15, -0.1) is 0 Å². The first-order valence-corrected chi connectivity index (χ1v) is 13.8. The Morgan fingerprint density at radius 3 is 2.40 bits per heavy atom. The Balaban J connectivity index is 1.19. The summed E-state index contributed by atoms with van der Waals surface area (Å²) in [5.41, 5.74) is 3.47. The Morgan fingerprint density at radius 2 is 1.74 bits per heavy atom. The van der Waals surface area contributed by atoms with Gasteiger partial charge in [0.15, 0.2) is 12.5 Å². The van der Waals surface area contributed by atoms with E-state index in [1.54, 1.807) is 27.7 Å². The normalized spacial score (nSPS) is 18.3. The van der Waals surface area contributed by atoms with Crippen molar-refractivity contribution in [1.29, 1.82) is 0 Å². The van der Waals surface area contributed by atoms with Crippen molar-refractivity contribution >= 4 is 45.9 Å². The molecule has 0 radical (unpaired) electrons. The Hall–Kier alpha value is -4.94. The fourth-order valence-corrected chi connectivity index (χ4v) is 5.84. The van der Waals surface area contributed by atoms with Crippen molar-refractivity contribution in [1.82, 2.24) is 9.99 Å². The molecule has 220 valence electrons. The zero-order chi connectivity index (χ0) is 29.7. The average Bonchev–Trinajstić information content (AvgIpc) is 3.35. The number of piperazine rings is 1. The molecule has 1 aromatic heterocycles. The smallest absolute Gasteiger partial charge is 0.414 e. The van der Waals surface area contributed by atoms with Crippen LogP contribution in [0.1, 0.15) is 22.8 Å². The first-order valence-electron chi connectivity index (χ1n) is 13.8. The summed E-state index contributed by atoms with van der Waals surface area (Å²) in [6, 6.07) is 9.43. The van der Waals surface area contributed by atoms with Crippen LogP contribution in [0.15, 0.2) is 41.3 Å². The van der Waals surface area contributed by atoms with Crippen LogP contribution in [0.2, 0.25) is 0 Å². The molecular formula is C29H32N6O7. The minimum Gasteiger partial charge on any atom is -0.477 e. The number of aryl methyl sites for hydroxylation is 1. The Kier molecular flexibility index (Phi) is 6.79. The van der Waals surface area contributed by atoms with Crippen LogP contribution in [0.25, 0.3) is 10.9 Å². The molecule has 0 aliphatic carbocycles. The first-order chi connectivity index (χ1) is 20.1. The molecule has 3 aliphatic rings. The molecule has 1 atom stereocenters. The summed E-state index contributed by atoms with van der Waals surface area (Å²) in [4.78, 5) is 54.4. The van der Waals surface area contributed by atoms with Gasteiger partial charge in [0.05, 0.1) is 24.2 Å². The van der Waals surface area contributed by atoms with Crippen molar-refractivity contribution in [2.75, 3.05) is 72.8 Å². The molecule has 6 rings (SSSR count). The van der Waals surface area contributed by atoms with Crippen LogP contribution >= 0.6 is 0 Å². The van der Waals surface area contributed by atoms with Gasteiger partial charge in [-0.1, -0.05) is 0 Å². The SMILES string of the molecule is CC(=O)NC[C@H]1CN(c2ccc(N3CCN(c4ccc5c(=O)c(C(=O)O)cn6c5c4OCN6C)CC3)c(C)c2)C(=O)O1. The van der Waals surface area contributed by atoms with Gasteiger partial charge in [0.2, 0.25) is 11.3 Å². The predicted octanol–water partition coefficient (Wildman–Crippen LogP) is 1.71. The van der Waals surface area contributed by atoms with Crippen LogP contribution in [0, 0.1) is 6.92 Å². The summed E-state index contributed by atoms with van der Waals surface area (Å²) in [7, 11) is 1.77. The molecule has 3 aliphatic heterocycles. The minimum atomic E-state index is -1.26. The van der Waals surface area contributed by atoms with Crippen LogP contribution in [0.4, 0.5) is 21.9 Å². The lowest BCUT2D eigenvalue weighted by molar-refractivity contribution is -0.119. The molecule has 13 nitrogen and oxygen atoms in total. The molecule has 42 heavy (non-hydrogen) atoms. The summed E-state index contributed by atoms with van der Waals surface area (Å²) in [6.07, 6.45) is 0.537. The number of carboxylic acids is 1. The highest BCUT2D eigenvalue weighted by Crippen LogP contribution is 2.38. The number of rotatable bonds is 6. The number of benzene rings is 2. The lowest BCUT2D eigenvalue weighted by Crippen LogP contribution is -2.47. The van der Waals surface area contributed by atoms with Crippen molar-refractivity contribution in [2.24, 2.45) is 0 Å². The maximum Gasteiger partial charge on any atom is 0.414 e. The van der Waals surface area contributed by atoms with E-state index in [9.17, 15) is 24.3 Å². The topological polar surface area (TPSA) is 137 Å². The van der Waals surface area contributed by atoms with Crippen molar-refractivity contribution < 1.29 is 29.0 Å². The maximum absolute atomic E-state index is 12.9. The maximum atomic E-state index is 12.9. The predicted molar refractivity (Wildman–Crippen MR) is 157 cm³/mol. The van der Waals surface area contributed by atoms with Crippen LogP contribution in [-0.2, 0) is 9.53 Å². The van der Waals surface area contributed by atoms with Gasteiger partial charge < -0.3 is 29.7 Å². The lowest BCUT2D eigenvalue weighted by atomic mass is 10.1. The number of carbonyl (C=O) groups is 3. The zero-order valence-corrected chi connectivity index (χ0v) is 23.6. The third kappa shape index (κ3) is 4.70. The number of aromatic nitrogens is 1. The van der Waals surface area contributed by atoms with Crippen LogP contribution in [0.3, 0.4) is 0 Å². The Labute approximate surface area is 241 Å². The number of carbonyl (C=O) groups excluding carboxylic acids is 2. The quantitative estimate of drug-likeness (QED) is 0.446. The third-order valence-electron chi connectivity index (χ3n) is 7.98. The molecule has 2 saturated heterocycles. The number of pyridine rings is 1.